The lowest BCUT2D eigenvalue weighted by Crippen LogP contribution is -2.40. The molecule has 10 nitrogen and oxygen atoms in total. The molecule has 1 aromatic heterocycles. The zero-order chi connectivity index (χ0) is 37.9. The van der Waals surface area contributed by atoms with Gasteiger partial charge in [-0.15, -0.1) is 0 Å². The molecule has 284 valence electrons. The molecule has 4 aromatic carbocycles. The summed E-state index contributed by atoms with van der Waals surface area (Å²) in [5.74, 6) is -0.873. The number of aromatic nitrogens is 1. The number of piperidine rings is 1. The average Bonchev–Trinajstić information content (AvgIpc) is 3.19. The summed E-state index contributed by atoms with van der Waals surface area (Å²) in [6, 6.07) is 28.4. The van der Waals surface area contributed by atoms with Gasteiger partial charge in [-0.1, -0.05) is 60.7 Å². The highest BCUT2D eigenvalue weighted by atomic mass is 19.1. The average molecular weight is 738 g/mol. The SMILES string of the molecule is O=C(OCC1CCN(Cc2ccccc2)CC1)C(O)(c1cccc(F)c1)c1cccc(OCCCCCNCC(O)c2ccc(O)c3[nH]c(=O)ccc23)c1. The Kier molecular flexibility index (Phi) is 13.1. The van der Waals surface area contributed by atoms with Crippen molar-refractivity contribution in [2.45, 2.75) is 50.4 Å². The van der Waals surface area contributed by atoms with Crippen LogP contribution >= 0.6 is 0 Å². The number of ether oxygens (including phenoxy) is 2. The third-order valence-corrected chi connectivity index (χ3v) is 10.1. The molecule has 0 spiro atoms. The molecule has 0 saturated carbocycles. The van der Waals surface area contributed by atoms with Crippen LogP contribution in [0.3, 0.4) is 0 Å². The van der Waals surface area contributed by atoms with Gasteiger partial charge in [0.25, 0.3) is 0 Å². The van der Waals surface area contributed by atoms with Gasteiger partial charge in [0, 0.05) is 35.7 Å². The van der Waals surface area contributed by atoms with Crippen LogP contribution in [-0.2, 0) is 21.7 Å². The zero-order valence-corrected chi connectivity index (χ0v) is 30.3. The Hall–Kier alpha value is -5.07. The van der Waals surface area contributed by atoms with E-state index in [0.717, 1.165) is 57.8 Å². The summed E-state index contributed by atoms with van der Waals surface area (Å²) in [4.78, 5) is 30.4. The summed E-state index contributed by atoms with van der Waals surface area (Å²) in [6.07, 6.45) is 3.31. The number of phenolic OH excluding ortho intramolecular Hbond substituents is 1. The lowest BCUT2D eigenvalue weighted by Gasteiger charge is -2.33. The van der Waals surface area contributed by atoms with Crippen LogP contribution in [0.5, 0.6) is 11.5 Å². The molecule has 1 fully saturated rings. The molecule has 0 radical (unpaired) electrons. The van der Waals surface area contributed by atoms with Gasteiger partial charge in [0.15, 0.2) is 0 Å². The highest BCUT2D eigenvalue weighted by Gasteiger charge is 2.42. The quantitative estimate of drug-likeness (QED) is 0.0579. The number of aromatic hydroxyl groups is 1. The maximum Gasteiger partial charge on any atom is 0.347 e. The lowest BCUT2D eigenvalue weighted by atomic mass is 9.86. The first-order chi connectivity index (χ1) is 26.2. The first-order valence-electron chi connectivity index (χ1n) is 18.6. The van der Waals surface area contributed by atoms with Gasteiger partial charge in [-0.3, -0.25) is 9.69 Å². The predicted molar refractivity (Wildman–Crippen MR) is 205 cm³/mol. The monoisotopic (exact) mass is 737 g/mol. The number of aliphatic hydroxyl groups is 2. The maximum atomic E-state index is 14.4. The number of halogens is 1. The molecule has 1 aliphatic rings. The van der Waals surface area contributed by atoms with Crippen LogP contribution in [-0.4, -0.2) is 70.6 Å². The minimum absolute atomic E-state index is 0.0535. The van der Waals surface area contributed by atoms with Gasteiger partial charge in [-0.2, -0.15) is 0 Å². The van der Waals surface area contributed by atoms with Gasteiger partial charge in [0.2, 0.25) is 11.2 Å². The topological polar surface area (TPSA) is 144 Å². The summed E-state index contributed by atoms with van der Waals surface area (Å²) in [7, 11) is 0. The number of pyridine rings is 1. The van der Waals surface area contributed by atoms with Crippen LogP contribution in [0, 0.1) is 11.7 Å². The van der Waals surface area contributed by atoms with Crippen LogP contribution in [0.4, 0.5) is 4.39 Å². The molecule has 0 amide bonds. The molecule has 54 heavy (non-hydrogen) atoms. The van der Waals surface area contributed by atoms with E-state index in [-0.39, 0.29) is 35.0 Å². The van der Waals surface area contributed by atoms with E-state index in [2.05, 4.69) is 27.3 Å². The largest absolute Gasteiger partial charge is 0.506 e. The van der Waals surface area contributed by atoms with Gasteiger partial charge in [0.05, 0.1) is 24.8 Å². The van der Waals surface area contributed by atoms with E-state index < -0.39 is 23.5 Å². The van der Waals surface area contributed by atoms with Crippen molar-refractivity contribution < 1.29 is 34.0 Å². The molecule has 2 heterocycles. The molecule has 1 aliphatic heterocycles. The van der Waals surface area contributed by atoms with Crippen LogP contribution < -0.4 is 15.6 Å². The number of aliphatic hydroxyl groups excluding tert-OH is 1. The summed E-state index contributed by atoms with van der Waals surface area (Å²) in [5, 5.41) is 36.7. The fourth-order valence-electron chi connectivity index (χ4n) is 6.99. The Labute approximate surface area is 314 Å². The molecule has 6 rings (SSSR count). The van der Waals surface area contributed by atoms with E-state index >= 15 is 0 Å². The number of H-pyrrole nitrogens is 1. The number of aromatic amines is 1. The first kappa shape index (κ1) is 38.6. The number of hydrogen-bond donors (Lipinski definition) is 5. The Balaban J connectivity index is 0.976. The number of likely N-dealkylation sites (tertiary alicyclic amines) is 1. The third-order valence-electron chi connectivity index (χ3n) is 10.1. The fourth-order valence-corrected chi connectivity index (χ4v) is 6.99. The van der Waals surface area contributed by atoms with Gasteiger partial charge < -0.3 is 35.1 Å². The lowest BCUT2D eigenvalue weighted by molar-refractivity contribution is -0.164. The Morgan fingerprint density at radius 1 is 0.926 bits per heavy atom. The molecule has 5 aromatic rings. The number of unbranched alkanes of at least 4 members (excludes halogenated alkanes) is 2. The van der Waals surface area contributed by atoms with E-state index in [1.807, 2.05) is 18.2 Å². The van der Waals surface area contributed by atoms with E-state index in [4.69, 9.17) is 9.47 Å². The Morgan fingerprint density at radius 3 is 2.46 bits per heavy atom. The van der Waals surface area contributed by atoms with Gasteiger partial charge >= 0.3 is 5.97 Å². The second kappa shape index (κ2) is 18.3. The molecular weight excluding hydrogens is 689 g/mol. The number of rotatable bonds is 17. The molecule has 2 atom stereocenters. The fraction of sp³-hybridized carbons (Fsp3) is 0.349. The smallest absolute Gasteiger partial charge is 0.347 e. The van der Waals surface area contributed by atoms with E-state index in [1.54, 1.807) is 36.4 Å². The molecule has 2 unspecified atom stereocenters. The summed E-state index contributed by atoms with van der Waals surface area (Å²) in [6.45, 7) is 4.16. The van der Waals surface area contributed by atoms with Crippen LogP contribution in [0.25, 0.3) is 10.9 Å². The number of fused-ring (bicyclic) bond motifs is 1. The molecular formula is C43H48FN3O7. The van der Waals surface area contributed by atoms with Crippen molar-refractivity contribution in [3.8, 4) is 11.5 Å². The first-order valence-corrected chi connectivity index (χ1v) is 18.6. The minimum Gasteiger partial charge on any atom is -0.506 e. The van der Waals surface area contributed by atoms with Crippen molar-refractivity contribution in [1.29, 1.82) is 0 Å². The number of carbonyl (C=O) groups excluding carboxylic acids is 1. The number of esters is 1. The molecule has 11 heteroatoms. The van der Waals surface area contributed by atoms with Crippen molar-refractivity contribution in [3.63, 3.8) is 0 Å². The highest BCUT2D eigenvalue weighted by Crippen LogP contribution is 2.34. The summed E-state index contributed by atoms with van der Waals surface area (Å²) in [5.41, 5.74) is -0.105. The number of carbonyl (C=O) groups is 1. The zero-order valence-electron chi connectivity index (χ0n) is 30.3. The third kappa shape index (κ3) is 9.72. The minimum atomic E-state index is -2.24. The number of benzene rings is 4. The molecule has 0 aliphatic carbocycles. The van der Waals surface area contributed by atoms with Crippen LogP contribution in [0.2, 0.25) is 0 Å². The van der Waals surface area contributed by atoms with E-state index in [0.29, 0.717) is 41.9 Å². The van der Waals surface area contributed by atoms with E-state index in [1.165, 1.54) is 35.9 Å². The normalized spacial score (nSPS) is 15.5. The molecule has 0 bridgehead atoms. The highest BCUT2D eigenvalue weighted by molar-refractivity contribution is 5.87. The van der Waals surface area contributed by atoms with Crippen molar-refractivity contribution in [1.82, 2.24) is 15.2 Å². The van der Waals surface area contributed by atoms with Gasteiger partial charge in [-0.25, -0.2) is 9.18 Å². The van der Waals surface area contributed by atoms with Crippen LogP contribution in [0.15, 0.2) is 108 Å². The summed E-state index contributed by atoms with van der Waals surface area (Å²) < 4.78 is 26.2. The van der Waals surface area contributed by atoms with E-state index in [9.17, 15) is 29.3 Å². The molecule has 5 N–H and O–H groups in total. The number of phenols is 1. The van der Waals surface area contributed by atoms with Crippen molar-refractivity contribution in [2.24, 2.45) is 5.92 Å². The van der Waals surface area contributed by atoms with Crippen LogP contribution in [0.1, 0.15) is 60.5 Å². The predicted octanol–water partition coefficient (Wildman–Crippen LogP) is 5.94. The van der Waals surface area contributed by atoms with Gasteiger partial charge in [0.1, 0.15) is 17.3 Å². The van der Waals surface area contributed by atoms with Crippen molar-refractivity contribution in [3.05, 3.63) is 142 Å². The Morgan fingerprint density at radius 2 is 1.69 bits per heavy atom. The second-order valence-corrected chi connectivity index (χ2v) is 14.0. The number of hydrogen-bond acceptors (Lipinski definition) is 9. The molecule has 1 saturated heterocycles. The number of nitrogens with zero attached hydrogens (tertiary/aromatic N) is 1. The summed E-state index contributed by atoms with van der Waals surface area (Å²) >= 11 is 0. The Bertz CT molecular complexity index is 2050. The van der Waals surface area contributed by atoms with Crippen molar-refractivity contribution in [2.75, 3.05) is 39.4 Å². The number of nitrogens with one attached hydrogen (secondary N) is 2. The maximum absolute atomic E-state index is 14.4. The second-order valence-electron chi connectivity index (χ2n) is 14.0. The van der Waals surface area contributed by atoms with Gasteiger partial charge in [-0.05, 0) is 105 Å². The van der Waals surface area contributed by atoms with Crippen molar-refractivity contribution >= 4 is 16.9 Å². The standard InChI is InChI=1S/C43H48FN3O7/c44-34-13-7-11-32(25-34)43(52,42(51)54-29-31-19-22-47(23-20-31)28-30-9-3-1-4-10-30)33-12-8-14-35(26-33)53-24-6-2-5-21-45-27-39(49)36-15-17-38(48)41-37(36)16-18-40(50)46-41/h1,3-4,7-18,25-26,31,39,45,48-49,52H,2,5-6,19-24,27-29H2,(H,46,50).